The molecule has 2 aromatic rings. The van der Waals surface area contributed by atoms with Gasteiger partial charge in [0.1, 0.15) is 12.4 Å². The number of carbonyl (C=O) groups excluding carboxylic acids is 3. The van der Waals surface area contributed by atoms with Crippen LogP contribution in [-0.2, 0) is 11.4 Å². The second-order valence-corrected chi connectivity index (χ2v) is 6.92. The summed E-state index contributed by atoms with van der Waals surface area (Å²) in [6.07, 6.45) is 3.17. The lowest BCUT2D eigenvalue weighted by Gasteiger charge is -2.08. The van der Waals surface area contributed by atoms with Gasteiger partial charge in [-0.05, 0) is 46.7 Å². The molecule has 0 spiro atoms. The Morgan fingerprint density at radius 1 is 1.11 bits per heavy atom. The molecule has 6 nitrogen and oxygen atoms in total. The van der Waals surface area contributed by atoms with E-state index in [0.717, 1.165) is 27.8 Å². The minimum atomic E-state index is -1.22. The molecule has 1 aliphatic rings. The number of hydrogen-bond acceptors (Lipinski definition) is 6. The maximum atomic E-state index is 12.2. The molecule has 1 heterocycles. The molecule has 3 rings (SSSR count). The van der Waals surface area contributed by atoms with Crippen molar-refractivity contribution in [1.29, 1.82) is 0 Å². The summed E-state index contributed by atoms with van der Waals surface area (Å²) < 4.78 is 5.68. The number of amides is 2. The zero-order chi connectivity index (χ0) is 20.1. The van der Waals surface area contributed by atoms with Crippen LogP contribution in [0.15, 0.2) is 66.1 Å². The highest BCUT2D eigenvalue weighted by atomic mass is 32.2. The predicted octanol–water partition coefficient (Wildman–Crippen LogP) is 2.85. The quantitative estimate of drug-likeness (QED) is 0.530. The summed E-state index contributed by atoms with van der Waals surface area (Å²) in [5.74, 6) is -0.915. The second kappa shape index (κ2) is 8.58. The van der Waals surface area contributed by atoms with Crippen molar-refractivity contribution in [2.24, 2.45) is 0 Å². The van der Waals surface area contributed by atoms with Crippen molar-refractivity contribution in [2.75, 3.05) is 6.54 Å². The first-order valence-electron chi connectivity index (χ1n) is 8.37. The molecule has 28 heavy (non-hydrogen) atoms. The number of aromatic carboxylic acids is 1. The third kappa shape index (κ3) is 4.50. The molecule has 0 radical (unpaired) electrons. The molecule has 1 fully saturated rings. The van der Waals surface area contributed by atoms with Crippen LogP contribution >= 0.6 is 11.8 Å². The summed E-state index contributed by atoms with van der Waals surface area (Å²) in [4.78, 5) is 36.3. The van der Waals surface area contributed by atoms with E-state index in [0.29, 0.717) is 10.7 Å². The number of carboxylic acids is 1. The highest BCUT2D eigenvalue weighted by Crippen LogP contribution is 2.32. The van der Waals surface area contributed by atoms with Gasteiger partial charge in [-0.15, -0.1) is 6.58 Å². The van der Waals surface area contributed by atoms with E-state index in [-0.39, 0.29) is 29.9 Å². The van der Waals surface area contributed by atoms with Gasteiger partial charge in [0.25, 0.3) is 11.1 Å². The normalized spacial score (nSPS) is 15.1. The van der Waals surface area contributed by atoms with Crippen LogP contribution in [0.4, 0.5) is 4.79 Å². The van der Waals surface area contributed by atoms with E-state index < -0.39 is 5.97 Å². The molecule has 0 unspecified atom stereocenters. The molecule has 0 N–H and O–H groups in total. The molecule has 7 heteroatoms. The lowest BCUT2D eigenvalue weighted by Crippen LogP contribution is -2.27. The average Bonchev–Trinajstić information content (AvgIpc) is 2.95. The standard InChI is InChI=1S/C21H17NO5S/c1-2-11-22-19(23)18(28-21(22)26)12-14-5-9-17(10-6-14)27-13-15-3-7-16(8-4-15)20(24)25/h2-10,12H,1,11,13H2,(H,24,25)/p-1/b18-12-. The third-order valence-corrected chi connectivity index (χ3v) is 4.87. The van der Waals surface area contributed by atoms with Crippen molar-refractivity contribution in [3.8, 4) is 5.75 Å². The smallest absolute Gasteiger partial charge is 0.293 e. The molecule has 0 bridgehead atoms. The molecule has 1 saturated heterocycles. The van der Waals surface area contributed by atoms with Crippen LogP contribution in [0.1, 0.15) is 21.5 Å². The molecular formula is C21H16NO5S-. The van der Waals surface area contributed by atoms with E-state index in [4.69, 9.17) is 4.74 Å². The highest BCUT2D eigenvalue weighted by Gasteiger charge is 2.33. The Morgan fingerprint density at radius 3 is 2.39 bits per heavy atom. The molecule has 142 valence electrons. The summed E-state index contributed by atoms with van der Waals surface area (Å²) in [6.45, 7) is 4.02. The number of carbonyl (C=O) groups is 3. The SMILES string of the molecule is C=CCN1C(=O)S/C(=C\c2ccc(OCc3ccc(C(=O)[O-])cc3)cc2)C1=O. The monoisotopic (exact) mass is 394 g/mol. The van der Waals surface area contributed by atoms with Crippen molar-refractivity contribution in [3.05, 3.63) is 82.8 Å². The van der Waals surface area contributed by atoms with Gasteiger partial charge >= 0.3 is 0 Å². The molecule has 0 saturated carbocycles. The van der Waals surface area contributed by atoms with E-state index in [9.17, 15) is 19.5 Å². The summed E-state index contributed by atoms with van der Waals surface area (Å²) in [5, 5.41) is 10.4. The third-order valence-electron chi connectivity index (χ3n) is 3.96. The first-order valence-corrected chi connectivity index (χ1v) is 9.19. The van der Waals surface area contributed by atoms with E-state index in [1.807, 2.05) is 0 Å². The molecule has 0 aliphatic carbocycles. The Balaban J connectivity index is 1.62. The van der Waals surface area contributed by atoms with Crippen LogP contribution < -0.4 is 9.84 Å². The van der Waals surface area contributed by atoms with E-state index in [1.165, 1.54) is 18.2 Å². The summed E-state index contributed by atoms with van der Waals surface area (Å²) in [7, 11) is 0. The van der Waals surface area contributed by atoms with Gasteiger partial charge < -0.3 is 14.6 Å². The highest BCUT2D eigenvalue weighted by molar-refractivity contribution is 8.18. The Morgan fingerprint density at radius 2 is 1.79 bits per heavy atom. The zero-order valence-electron chi connectivity index (χ0n) is 14.8. The van der Waals surface area contributed by atoms with Crippen LogP contribution in [0, 0.1) is 0 Å². The predicted molar refractivity (Wildman–Crippen MR) is 104 cm³/mol. The number of benzene rings is 2. The maximum absolute atomic E-state index is 12.2. The van der Waals surface area contributed by atoms with Crippen LogP contribution in [0.3, 0.4) is 0 Å². The average molecular weight is 394 g/mol. The van der Waals surface area contributed by atoms with Gasteiger partial charge in [0.05, 0.1) is 10.9 Å². The van der Waals surface area contributed by atoms with E-state index in [2.05, 4.69) is 6.58 Å². The number of hydrogen-bond donors (Lipinski definition) is 0. The van der Waals surface area contributed by atoms with Gasteiger partial charge in [-0.3, -0.25) is 14.5 Å². The van der Waals surface area contributed by atoms with Crippen LogP contribution in [-0.4, -0.2) is 28.6 Å². The second-order valence-electron chi connectivity index (χ2n) is 5.92. The van der Waals surface area contributed by atoms with Crippen molar-refractivity contribution in [1.82, 2.24) is 4.90 Å². The number of carboxylic acid groups (broad SMARTS) is 1. The first kappa shape index (κ1) is 19.4. The minimum absolute atomic E-state index is 0.116. The fourth-order valence-electron chi connectivity index (χ4n) is 2.50. The Bertz CT molecular complexity index is 948. The molecular weight excluding hydrogens is 378 g/mol. The van der Waals surface area contributed by atoms with Gasteiger partial charge in [-0.1, -0.05) is 42.5 Å². The van der Waals surface area contributed by atoms with Gasteiger partial charge in [0.15, 0.2) is 0 Å². The Hall–Kier alpha value is -3.32. The summed E-state index contributed by atoms with van der Waals surface area (Å²) in [5.41, 5.74) is 1.71. The lowest BCUT2D eigenvalue weighted by molar-refractivity contribution is -0.255. The molecule has 0 atom stereocenters. The van der Waals surface area contributed by atoms with Crippen molar-refractivity contribution in [3.63, 3.8) is 0 Å². The van der Waals surface area contributed by atoms with Crippen molar-refractivity contribution >= 4 is 35.0 Å². The van der Waals surface area contributed by atoms with Crippen molar-refractivity contribution < 1.29 is 24.2 Å². The lowest BCUT2D eigenvalue weighted by atomic mass is 10.1. The maximum Gasteiger partial charge on any atom is 0.293 e. The van der Waals surface area contributed by atoms with Crippen molar-refractivity contribution in [2.45, 2.75) is 6.61 Å². The minimum Gasteiger partial charge on any atom is -0.545 e. The summed E-state index contributed by atoms with van der Waals surface area (Å²) in [6, 6.07) is 13.4. The van der Waals surface area contributed by atoms with Gasteiger partial charge in [0.2, 0.25) is 0 Å². The van der Waals surface area contributed by atoms with Gasteiger partial charge in [0, 0.05) is 6.54 Å². The fraction of sp³-hybridized carbons (Fsp3) is 0.0952. The first-order chi connectivity index (χ1) is 13.5. The summed E-state index contributed by atoms with van der Waals surface area (Å²) >= 11 is 0.905. The van der Waals surface area contributed by atoms with Crippen LogP contribution in [0.5, 0.6) is 5.75 Å². The number of rotatable bonds is 7. The molecule has 1 aliphatic heterocycles. The van der Waals surface area contributed by atoms with Gasteiger partial charge in [-0.2, -0.15) is 0 Å². The molecule has 0 aromatic heterocycles. The molecule has 2 aromatic carbocycles. The molecule has 2 amide bonds. The number of imide groups is 1. The van der Waals surface area contributed by atoms with Gasteiger partial charge in [-0.25, -0.2) is 0 Å². The largest absolute Gasteiger partial charge is 0.545 e. The van der Waals surface area contributed by atoms with Crippen LogP contribution in [0.2, 0.25) is 0 Å². The zero-order valence-corrected chi connectivity index (χ0v) is 15.6. The number of thioether (sulfide) groups is 1. The van der Waals surface area contributed by atoms with E-state index >= 15 is 0 Å². The number of ether oxygens (including phenoxy) is 1. The topological polar surface area (TPSA) is 86.7 Å². The van der Waals surface area contributed by atoms with Crippen LogP contribution in [0.25, 0.3) is 6.08 Å². The number of nitrogens with zero attached hydrogens (tertiary/aromatic N) is 1. The Labute approximate surface area is 166 Å². The van der Waals surface area contributed by atoms with E-state index in [1.54, 1.807) is 42.5 Å². The Kier molecular flexibility index (Phi) is 5.96. The fourth-order valence-corrected chi connectivity index (χ4v) is 3.35.